The van der Waals surface area contributed by atoms with E-state index in [1.165, 1.54) is 38.5 Å². The molecule has 0 spiro atoms. The van der Waals surface area contributed by atoms with E-state index in [9.17, 15) is 9.59 Å². The summed E-state index contributed by atoms with van der Waals surface area (Å²) in [7, 11) is 0. The van der Waals surface area contributed by atoms with Crippen LogP contribution in [0.5, 0.6) is 0 Å². The lowest BCUT2D eigenvalue weighted by Gasteiger charge is -2.33. The molecule has 40 heavy (non-hydrogen) atoms. The molecule has 4 bridgehead atoms. The zero-order valence-corrected chi connectivity index (χ0v) is 25.6. The highest BCUT2D eigenvalue weighted by Gasteiger charge is 2.67. The fraction of sp³-hybridized carbons (Fsp3) is 0.941. The van der Waals surface area contributed by atoms with Crippen molar-refractivity contribution in [1.29, 1.82) is 0 Å². The van der Waals surface area contributed by atoms with Crippen LogP contribution in [0.2, 0.25) is 0 Å². The smallest absolute Gasteiger partial charge is 0.311 e. The monoisotopic (exact) mass is 556 g/mol. The maximum Gasteiger partial charge on any atom is 0.311 e. The normalized spacial score (nSPS) is 48.0. The molecule has 0 amide bonds. The quantitative estimate of drug-likeness (QED) is 0.268. The minimum absolute atomic E-state index is 0.0167. The van der Waals surface area contributed by atoms with Gasteiger partial charge in [-0.3, -0.25) is 9.59 Å². The molecule has 0 radical (unpaired) electrons. The van der Waals surface area contributed by atoms with E-state index in [-0.39, 0.29) is 22.8 Å². The number of carbonyl (C=O) groups is 2. The second-order valence-electron chi connectivity index (χ2n) is 16.2. The summed E-state index contributed by atoms with van der Waals surface area (Å²) in [5.41, 5.74) is -0.665. The van der Waals surface area contributed by atoms with Crippen LogP contribution in [0.15, 0.2) is 0 Å². The Balaban J connectivity index is 0.000000132. The van der Waals surface area contributed by atoms with Gasteiger partial charge in [-0.05, 0) is 138 Å². The number of ether oxygens (including phenoxy) is 4. The molecule has 6 heteroatoms. The Morgan fingerprint density at radius 2 is 1.12 bits per heavy atom. The summed E-state index contributed by atoms with van der Waals surface area (Å²) in [6.07, 6.45) is 11.9. The van der Waals surface area contributed by atoms with E-state index in [0.717, 1.165) is 60.2 Å². The molecule has 14 unspecified atom stereocenters. The van der Waals surface area contributed by atoms with Crippen LogP contribution in [-0.2, 0) is 28.5 Å². The second kappa shape index (κ2) is 9.69. The van der Waals surface area contributed by atoms with Gasteiger partial charge in [0.05, 0.1) is 48.5 Å². The first-order valence-electron chi connectivity index (χ1n) is 16.7. The Bertz CT molecular complexity index is 1020. The van der Waals surface area contributed by atoms with Gasteiger partial charge in [0, 0.05) is 0 Å². The van der Waals surface area contributed by atoms with E-state index in [4.69, 9.17) is 18.9 Å². The number of rotatable bonds is 8. The molecule has 8 rings (SSSR count). The average Bonchev–Trinajstić information content (AvgIpc) is 3.43. The van der Waals surface area contributed by atoms with Crippen molar-refractivity contribution < 1.29 is 28.5 Å². The van der Waals surface area contributed by atoms with Crippen LogP contribution in [0.4, 0.5) is 0 Å². The summed E-state index contributed by atoms with van der Waals surface area (Å²) >= 11 is 0. The van der Waals surface area contributed by atoms with Crippen molar-refractivity contribution >= 4 is 11.9 Å². The van der Waals surface area contributed by atoms with Crippen LogP contribution in [0.25, 0.3) is 0 Å². The molecule has 2 aliphatic heterocycles. The van der Waals surface area contributed by atoms with Crippen molar-refractivity contribution in [3.8, 4) is 0 Å². The molecule has 8 fully saturated rings. The van der Waals surface area contributed by atoms with E-state index in [2.05, 4.69) is 0 Å². The standard InChI is InChI=1S/2C17H26O3/c1-4-17(2,3)16(18)19-8-10-5-9-6-11(10)12-7-13-15(20-13)14(9)12;1-4-17(2,3)16(18)19-8-10-5-9-6-11(10)14-12(9)7-13-15(14)20-13/h2*9-15H,4-8H2,1-3H3. The SMILES string of the molecule is CCC(C)(C)C(=O)OCC1CC2CC1C1C2CC2OC21.CCC(C)(C)C(=O)OCC1CC2CC1C1CC3OC3C21. The fourth-order valence-corrected chi connectivity index (χ4v) is 10.3. The van der Waals surface area contributed by atoms with Crippen molar-refractivity contribution in [1.82, 2.24) is 0 Å². The number of hydrogen-bond donors (Lipinski definition) is 0. The van der Waals surface area contributed by atoms with Gasteiger partial charge in [0.25, 0.3) is 0 Å². The van der Waals surface area contributed by atoms with Crippen molar-refractivity contribution in [3.63, 3.8) is 0 Å². The van der Waals surface area contributed by atoms with Gasteiger partial charge in [-0.1, -0.05) is 13.8 Å². The molecule has 2 saturated heterocycles. The highest BCUT2D eigenvalue weighted by atomic mass is 16.6. The summed E-state index contributed by atoms with van der Waals surface area (Å²) in [4.78, 5) is 24.2. The molecule has 8 aliphatic rings. The van der Waals surface area contributed by atoms with Gasteiger partial charge in [-0.25, -0.2) is 0 Å². The van der Waals surface area contributed by atoms with Crippen molar-refractivity contribution in [3.05, 3.63) is 0 Å². The Labute approximate surface area is 241 Å². The lowest BCUT2D eigenvalue weighted by atomic mass is 9.75. The van der Waals surface area contributed by atoms with E-state index in [0.29, 0.717) is 49.5 Å². The van der Waals surface area contributed by atoms with Gasteiger partial charge in [0.2, 0.25) is 0 Å². The Kier molecular flexibility index (Phi) is 6.70. The molecule has 0 aromatic carbocycles. The largest absolute Gasteiger partial charge is 0.465 e. The highest BCUT2D eigenvalue weighted by molar-refractivity contribution is 5.76. The minimum Gasteiger partial charge on any atom is -0.465 e. The molecule has 224 valence electrons. The Morgan fingerprint density at radius 3 is 1.73 bits per heavy atom. The third-order valence-electron chi connectivity index (χ3n) is 13.5. The third kappa shape index (κ3) is 4.48. The first-order chi connectivity index (χ1) is 19.0. The fourth-order valence-electron chi connectivity index (χ4n) is 10.3. The van der Waals surface area contributed by atoms with Crippen LogP contribution >= 0.6 is 0 Å². The van der Waals surface area contributed by atoms with E-state index in [1.54, 1.807) is 0 Å². The van der Waals surface area contributed by atoms with Gasteiger partial charge in [-0.2, -0.15) is 0 Å². The zero-order chi connectivity index (χ0) is 28.1. The summed E-state index contributed by atoms with van der Waals surface area (Å²) < 4.78 is 22.8. The van der Waals surface area contributed by atoms with Crippen LogP contribution in [0.3, 0.4) is 0 Å². The Morgan fingerprint density at radius 1 is 0.625 bits per heavy atom. The molecule has 0 aromatic heterocycles. The van der Waals surface area contributed by atoms with E-state index in [1.807, 2.05) is 41.5 Å². The summed E-state index contributed by atoms with van der Waals surface area (Å²) in [6.45, 7) is 13.3. The zero-order valence-electron chi connectivity index (χ0n) is 25.6. The Hall–Kier alpha value is -1.14. The predicted octanol–water partition coefficient (Wildman–Crippen LogP) is 6.05. The number of carbonyl (C=O) groups excluding carboxylic acids is 2. The molecule has 0 aromatic rings. The number of esters is 2. The van der Waals surface area contributed by atoms with Gasteiger partial charge < -0.3 is 18.9 Å². The van der Waals surface area contributed by atoms with Crippen LogP contribution in [0, 0.1) is 70.0 Å². The van der Waals surface area contributed by atoms with Crippen molar-refractivity contribution in [2.45, 2.75) is 117 Å². The van der Waals surface area contributed by atoms with E-state index < -0.39 is 0 Å². The van der Waals surface area contributed by atoms with E-state index >= 15 is 0 Å². The van der Waals surface area contributed by atoms with Crippen LogP contribution in [-0.4, -0.2) is 49.6 Å². The van der Waals surface area contributed by atoms with Crippen molar-refractivity contribution in [2.24, 2.45) is 70.0 Å². The summed E-state index contributed by atoms with van der Waals surface area (Å²) in [6, 6.07) is 0. The molecule has 6 saturated carbocycles. The summed E-state index contributed by atoms with van der Waals surface area (Å²) in [5, 5.41) is 0. The molecule has 2 heterocycles. The molecule has 0 N–H and O–H groups in total. The molecular formula is C34H52O6. The topological polar surface area (TPSA) is 77.7 Å². The van der Waals surface area contributed by atoms with Crippen LogP contribution in [0.1, 0.15) is 92.9 Å². The molecule has 6 nitrogen and oxygen atoms in total. The lowest BCUT2D eigenvalue weighted by molar-refractivity contribution is -0.157. The average molecular weight is 557 g/mol. The number of hydrogen-bond acceptors (Lipinski definition) is 6. The predicted molar refractivity (Wildman–Crippen MR) is 150 cm³/mol. The molecule has 6 aliphatic carbocycles. The number of fused-ring (bicyclic) bond motifs is 14. The highest BCUT2D eigenvalue weighted by Crippen LogP contribution is 2.67. The summed E-state index contributed by atoms with van der Waals surface area (Å²) in [5.74, 6) is 7.95. The second-order valence-corrected chi connectivity index (χ2v) is 16.2. The lowest BCUT2D eigenvalue weighted by Crippen LogP contribution is -2.33. The number of epoxide rings is 2. The molecular weight excluding hydrogens is 504 g/mol. The van der Waals surface area contributed by atoms with Gasteiger partial charge in [0.15, 0.2) is 0 Å². The minimum atomic E-state index is -0.335. The first-order valence-corrected chi connectivity index (χ1v) is 16.7. The van der Waals surface area contributed by atoms with Gasteiger partial charge in [-0.15, -0.1) is 0 Å². The third-order valence-corrected chi connectivity index (χ3v) is 13.5. The maximum atomic E-state index is 12.1. The van der Waals surface area contributed by atoms with Gasteiger partial charge in [0.1, 0.15) is 0 Å². The maximum absolute atomic E-state index is 12.1. The van der Waals surface area contributed by atoms with Gasteiger partial charge >= 0.3 is 11.9 Å². The molecule has 14 atom stereocenters. The first kappa shape index (κ1) is 27.7. The van der Waals surface area contributed by atoms with Crippen molar-refractivity contribution in [2.75, 3.05) is 13.2 Å². The van der Waals surface area contributed by atoms with Crippen LogP contribution < -0.4 is 0 Å².